The molecule has 2 rings (SSSR count). The maximum atomic E-state index is 11.3. The Balaban J connectivity index is 2.14. The summed E-state index contributed by atoms with van der Waals surface area (Å²) >= 11 is 5.02. The highest BCUT2D eigenvalue weighted by Crippen LogP contribution is 2.20. The van der Waals surface area contributed by atoms with Crippen molar-refractivity contribution in [2.75, 3.05) is 26.7 Å². The number of thiocarbonyl (C=S) groups is 1. The third-order valence-corrected chi connectivity index (χ3v) is 3.27. The van der Waals surface area contributed by atoms with Gasteiger partial charge in [0.1, 0.15) is 10.7 Å². The topological polar surface area (TPSA) is 67.6 Å². The lowest BCUT2D eigenvalue weighted by molar-refractivity contribution is -0.124. The van der Waals surface area contributed by atoms with Gasteiger partial charge in [-0.2, -0.15) is 0 Å². The number of piperazine rings is 1. The normalized spacial score (nSPS) is 15.9. The lowest BCUT2D eigenvalue weighted by Gasteiger charge is -2.26. The number of hydrogen-bond acceptors (Lipinski definition) is 4. The van der Waals surface area contributed by atoms with Crippen molar-refractivity contribution in [1.82, 2.24) is 10.2 Å². The summed E-state index contributed by atoms with van der Waals surface area (Å²) in [6.07, 6.45) is 0. The molecule has 5 nitrogen and oxygen atoms in total. The van der Waals surface area contributed by atoms with Crippen molar-refractivity contribution in [1.29, 1.82) is 0 Å². The minimum absolute atomic E-state index is 0.0642. The van der Waals surface area contributed by atoms with E-state index in [0.717, 1.165) is 17.7 Å². The van der Waals surface area contributed by atoms with Crippen molar-refractivity contribution in [3.05, 3.63) is 29.3 Å². The van der Waals surface area contributed by atoms with Gasteiger partial charge in [0.15, 0.2) is 0 Å². The fourth-order valence-corrected chi connectivity index (χ4v) is 2.29. The third kappa shape index (κ3) is 3.42. The van der Waals surface area contributed by atoms with Gasteiger partial charge in [0.2, 0.25) is 5.91 Å². The highest BCUT2D eigenvalue weighted by atomic mass is 32.1. The van der Waals surface area contributed by atoms with Crippen LogP contribution in [0.3, 0.4) is 0 Å². The van der Waals surface area contributed by atoms with Crippen LogP contribution in [0.1, 0.15) is 11.1 Å². The number of rotatable bonds is 4. The molecule has 3 N–H and O–H groups in total. The Morgan fingerprint density at radius 2 is 2.37 bits per heavy atom. The van der Waals surface area contributed by atoms with Crippen molar-refractivity contribution in [3.8, 4) is 5.75 Å². The Hall–Kier alpha value is -1.66. The van der Waals surface area contributed by atoms with Crippen LogP contribution < -0.4 is 15.8 Å². The van der Waals surface area contributed by atoms with E-state index in [4.69, 9.17) is 22.7 Å². The van der Waals surface area contributed by atoms with Crippen molar-refractivity contribution in [3.63, 3.8) is 0 Å². The zero-order valence-electron chi connectivity index (χ0n) is 10.8. The van der Waals surface area contributed by atoms with Crippen LogP contribution in [-0.2, 0) is 11.3 Å². The van der Waals surface area contributed by atoms with Crippen LogP contribution in [0.2, 0.25) is 0 Å². The molecule has 0 aromatic heterocycles. The van der Waals surface area contributed by atoms with E-state index in [2.05, 4.69) is 10.2 Å². The average Bonchev–Trinajstić information content (AvgIpc) is 2.38. The number of ether oxygens (including phenoxy) is 1. The number of benzene rings is 1. The fourth-order valence-electron chi connectivity index (χ4n) is 2.13. The van der Waals surface area contributed by atoms with E-state index in [-0.39, 0.29) is 5.91 Å². The van der Waals surface area contributed by atoms with E-state index in [1.54, 1.807) is 7.11 Å². The van der Waals surface area contributed by atoms with E-state index < -0.39 is 0 Å². The largest absolute Gasteiger partial charge is 0.496 e. The number of nitrogens with one attached hydrogen (secondary N) is 1. The highest BCUT2D eigenvalue weighted by molar-refractivity contribution is 7.80. The summed E-state index contributed by atoms with van der Waals surface area (Å²) in [7, 11) is 1.59. The molecular weight excluding hydrogens is 262 g/mol. The Kier molecular flexibility index (Phi) is 4.34. The number of carbonyl (C=O) groups excluding carboxylic acids is 1. The van der Waals surface area contributed by atoms with Crippen molar-refractivity contribution < 1.29 is 9.53 Å². The summed E-state index contributed by atoms with van der Waals surface area (Å²) in [5.41, 5.74) is 7.49. The number of nitrogens with two attached hydrogens (primary N) is 1. The number of hydrogen-bond donors (Lipinski definition) is 2. The Bertz CT molecular complexity index is 505. The van der Waals surface area contributed by atoms with Gasteiger partial charge in [-0.1, -0.05) is 18.3 Å². The molecule has 0 bridgehead atoms. The van der Waals surface area contributed by atoms with E-state index in [0.29, 0.717) is 30.4 Å². The number of amides is 1. The predicted molar refractivity (Wildman–Crippen MR) is 77.2 cm³/mol. The maximum absolute atomic E-state index is 11.3. The van der Waals surface area contributed by atoms with Crippen LogP contribution >= 0.6 is 12.2 Å². The first-order chi connectivity index (χ1) is 9.10. The molecule has 102 valence electrons. The lowest BCUT2D eigenvalue weighted by Crippen LogP contribution is -2.47. The van der Waals surface area contributed by atoms with Gasteiger partial charge < -0.3 is 15.8 Å². The predicted octanol–water partition coefficient (Wildman–Crippen LogP) is 0.261. The molecule has 19 heavy (non-hydrogen) atoms. The van der Waals surface area contributed by atoms with Crippen molar-refractivity contribution in [2.45, 2.75) is 6.54 Å². The van der Waals surface area contributed by atoms with Crippen LogP contribution in [0.15, 0.2) is 18.2 Å². The molecule has 0 saturated carbocycles. The van der Waals surface area contributed by atoms with E-state index in [1.807, 2.05) is 18.2 Å². The molecule has 0 radical (unpaired) electrons. The Labute approximate surface area is 117 Å². The van der Waals surface area contributed by atoms with Crippen LogP contribution in [-0.4, -0.2) is 42.5 Å². The van der Waals surface area contributed by atoms with Crippen LogP contribution in [0, 0.1) is 0 Å². The summed E-state index contributed by atoms with van der Waals surface area (Å²) in [4.78, 5) is 13.7. The standard InChI is InChI=1S/C13H17N3O2S/c1-18-11-3-2-9(6-10(11)13(14)19)7-16-5-4-15-12(17)8-16/h2-3,6H,4-5,7-8H2,1H3,(H2,14,19)(H,15,17). The first-order valence-corrected chi connectivity index (χ1v) is 6.46. The molecule has 1 aromatic rings. The van der Waals surface area contributed by atoms with Gasteiger partial charge in [0.25, 0.3) is 0 Å². The molecule has 1 aromatic carbocycles. The SMILES string of the molecule is COc1ccc(CN2CCNC(=O)C2)cc1C(N)=S. The van der Waals surface area contributed by atoms with Gasteiger partial charge in [-0.25, -0.2) is 0 Å². The first kappa shape index (κ1) is 13.8. The van der Waals surface area contributed by atoms with Crippen LogP contribution in [0.25, 0.3) is 0 Å². The molecule has 6 heteroatoms. The zero-order chi connectivity index (χ0) is 13.8. The summed E-state index contributed by atoms with van der Waals surface area (Å²) < 4.78 is 5.22. The van der Waals surface area contributed by atoms with E-state index in [9.17, 15) is 4.79 Å². The summed E-state index contributed by atoms with van der Waals surface area (Å²) in [6, 6.07) is 5.74. The van der Waals surface area contributed by atoms with Gasteiger partial charge >= 0.3 is 0 Å². The molecule has 0 atom stereocenters. The smallest absolute Gasteiger partial charge is 0.234 e. The first-order valence-electron chi connectivity index (χ1n) is 6.06. The van der Waals surface area contributed by atoms with Gasteiger partial charge in [-0.15, -0.1) is 0 Å². The molecule has 1 aliphatic rings. The molecule has 1 fully saturated rings. The van der Waals surface area contributed by atoms with Gasteiger partial charge in [0, 0.05) is 19.6 Å². The fraction of sp³-hybridized carbons (Fsp3) is 0.385. The maximum Gasteiger partial charge on any atom is 0.234 e. The molecular formula is C13H17N3O2S. The summed E-state index contributed by atoms with van der Waals surface area (Å²) in [6.45, 7) is 2.67. The minimum Gasteiger partial charge on any atom is -0.496 e. The van der Waals surface area contributed by atoms with E-state index >= 15 is 0 Å². The summed E-state index contributed by atoms with van der Waals surface area (Å²) in [5.74, 6) is 0.738. The minimum atomic E-state index is 0.0642. The zero-order valence-corrected chi connectivity index (χ0v) is 11.6. The number of nitrogens with zero attached hydrogens (tertiary/aromatic N) is 1. The molecule has 1 aliphatic heterocycles. The molecule has 1 heterocycles. The monoisotopic (exact) mass is 279 g/mol. The number of methoxy groups -OCH3 is 1. The average molecular weight is 279 g/mol. The molecule has 0 unspecified atom stereocenters. The highest BCUT2D eigenvalue weighted by Gasteiger charge is 2.16. The van der Waals surface area contributed by atoms with Crippen molar-refractivity contribution in [2.24, 2.45) is 5.73 Å². The molecule has 1 saturated heterocycles. The van der Waals surface area contributed by atoms with Crippen LogP contribution in [0.4, 0.5) is 0 Å². The molecule has 0 aliphatic carbocycles. The quantitative estimate of drug-likeness (QED) is 0.774. The van der Waals surface area contributed by atoms with Gasteiger partial charge in [-0.3, -0.25) is 9.69 Å². The van der Waals surface area contributed by atoms with Gasteiger partial charge in [-0.05, 0) is 17.7 Å². The second-order valence-electron chi connectivity index (χ2n) is 4.46. The van der Waals surface area contributed by atoms with Gasteiger partial charge in [0.05, 0.1) is 19.2 Å². The molecule has 1 amide bonds. The van der Waals surface area contributed by atoms with Crippen LogP contribution in [0.5, 0.6) is 5.75 Å². The lowest BCUT2D eigenvalue weighted by atomic mass is 10.1. The third-order valence-electron chi connectivity index (χ3n) is 3.05. The van der Waals surface area contributed by atoms with Crippen molar-refractivity contribution >= 4 is 23.1 Å². The Morgan fingerprint density at radius 1 is 1.58 bits per heavy atom. The second kappa shape index (κ2) is 5.99. The number of carbonyl (C=O) groups is 1. The van der Waals surface area contributed by atoms with E-state index in [1.165, 1.54) is 0 Å². The molecule has 0 spiro atoms. The summed E-state index contributed by atoms with van der Waals surface area (Å²) in [5, 5.41) is 2.80. The second-order valence-corrected chi connectivity index (χ2v) is 4.90. The Morgan fingerprint density at radius 3 is 3.00 bits per heavy atom.